The first kappa shape index (κ1) is 18.4. The summed E-state index contributed by atoms with van der Waals surface area (Å²) < 4.78 is 26.7. The fourth-order valence-corrected chi connectivity index (χ4v) is 4.39. The lowest BCUT2D eigenvalue weighted by Gasteiger charge is -2.15. The lowest BCUT2D eigenvalue weighted by molar-refractivity contribution is 0.0944. The number of benzene rings is 1. The molecule has 9 heteroatoms. The van der Waals surface area contributed by atoms with Crippen molar-refractivity contribution in [3.8, 4) is 0 Å². The number of rotatable bonds is 5. The summed E-state index contributed by atoms with van der Waals surface area (Å²) in [7, 11) is -3.33. The molecule has 1 amide bonds. The molecule has 0 radical (unpaired) electrons. The molecule has 2 rings (SSSR count). The number of amides is 1. The maximum Gasteiger partial charge on any atom is 0.261 e. The summed E-state index contributed by atoms with van der Waals surface area (Å²) in [6.45, 7) is 1.84. The van der Waals surface area contributed by atoms with Gasteiger partial charge in [0.05, 0.1) is 21.0 Å². The molecule has 2 aromatic rings. The first-order valence-electron chi connectivity index (χ1n) is 6.49. The van der Waals surface area contributed by atoms with Crippen molar-refractivity contribution in [1.29, 1.82) is 0 Å². The third-order valence-electron chi connectivity index (χ3n) is 2.91. The predicted octanol–water partition coefficient (Wildman–Crippen LogP) is 4.14. The highest BCUT2D eigenvalue weighted by Crippen LogP contribution is 2.32. The van der Waals surface area contributed by atoms with Crippen molar-refractivity contribution in [2.45, 2.75) is 13.0 Å². The van der Waals surface area contributed by atoms with Crippen LogP contribution in [0.5, 0.6) is 0 Å². The van der Waals surface area contributed by atoms with Crippen molar-refractivity contribution in [3.05, 3.63) is 49.0 Å². The van der Waals surface area contributed by atoms with Crippen molar-refractivity contribution in [2.24, 2.45) is 0 Å². The maximum absolute atomic E-state index is 12.3. The monoisotopic (exact) mass is 480 g/mol. The Morgan fingerprint density at radius 3 is 2.52 bits per heavy atom. The molecule has 1 unspecified atom stereocenters. The zero-order valence-electron chi connectivity index (χ0n) is 12.3. The summed E-state index contributed by atoms with van der Waals surface area (Å²) in [6, 6.07) is 8.42. The molecular formula is C14H14Br2N2O3S2. The van der Waals surface area contributed by atoms with Gasteiger partial charge in [-0.2, -0.15) is 0 Å². The Labute approximate surface area is 155 Å². The quantitative estimate of drug-likeness (QED) is 0.673. The second kappa shape index (κ2) is 7.33. The molecule has 124 valence electrons. The van der Waals surface area contributed by atoms with Crippen LogP contribution in [0.15, 0.2) is 38.6 Å². The van der Waals surface area contributed by atoms with E-state index in [1.54, 1.807) is 24.3 Å². The van der Waals surface area contributed by atoms with Gasteiger partial charge >= 0.3 is 0 Å². The van der Waals surface area contributed by atoms with Gasteiger partial charge in [-0.05, 0) is 62.5 Å². The average Bonchev–Trinajstić information content (AvgIpc) is 2.77. The van der Waals surface area contributed by atoms with Gasteiger partial charge in [0, 0.05) is 10.2 Å². The highest BCUT2D eigenvalue weighted by Gasteiger charge is 2.15. The lowest BCUT2D eigenvalue weighted by atomic mass is 10.1. The third kappa shape index (κ3) is 5.30. The molecule has 0 fully saturated rings. The molecule has 0 spiro atoms. The highest BCUT2D eigenvalue weighted by atomic mass is 79.9. The number of halogens is 2. The Balaban J connectivity index is 2.12. The van der Waals surface area contributed by atoms with E-state index in [9.17, 15) is 13.2 Å². The zero-order valence-corrected chi connectivity index (χ0v) is 17.1. The molecule has 0 aliphatic carbocycles. The Morgan fingerprint density at radius 2 is 1.96 bits per heavy atom. The fraction of sp³-hybridized carbons (Fsp3) is 0.214. The van der Waals surface area contributed by atoms with E-state index in [0.717, 1.165) is 20.1 Å². The second-order valence-corrected chi connectivity index (χ2v) is 9.90. The number of hydrogen-bond donors (Lipinski definition) is 2. The lowest BCUT2D eigenvalue weighted by Crippen LogP contribution is -2.26. The number of carbonyl (C=O) groups is 1. The Bertz CT molecular complexity index is 815. The van der Waals surface area contributed by atoms with Crippen LogP contribution in [0.2, 0.25) is 0 Å². The predicted molar refractivity (Wildman–Crippen MR) is 101 cm³/mol. The SMILES string of the molecule is CC(NC(=O)c1cc(Br)c(Br)s1)c1cccc(NS(C)(=O)=O)c1. The van der Waals surface area contributed by atoms with Crippen LogP contribution in [-0.4, -0.2) is 20.6 Å². The van der Waals surface area contributed by atoms with Crippen molar-refractivity contribution in [3.63, 3.8) is 0 Å². The van der Waals surface area contributed by atoms with Gasteiger partial charge in [0.25, 0.3) is 5.91 Å². The Kier molecular flexibility index (Phi) is 5.88. The van der Waals surface area contributed by atoms with E-state index < -0.39 is 10.0 Å². The van der Waals surface area contributed by atoms with Crippen molar-refractivity contribution in [2.75, 3.05) is 11.0 Å². The smallest absolute Gasteiger partial charge is 0.261 e. The molecular weight excluding hydrogens is 468 g/mol. The minimum absolute atomic E-state index is 0.185. The third-order valence-corrected chi connectivity index (χ3v) is 6.77. The van der Waals surface area contributed by atoms with Crippen LogP contribution in [0.4, 0.5) is 5.69 Å². The van der Waals surface area contributed by atoms with E-state index in [1.165, 1.54) is 11.3 Å². The summed E-state index contributed by atoms with van der Waals surface area (Å²) in [5.41, 5.74) is 1.27. The first-order valence-corrected chi connectivity index (χ1v) is 10.8. The van der Waals surface area contributed by atoms with E-state index in [0.29, 0.717) is 10.6 Å². The average molecular weight is 482 g/mol. The van der Waals surface area contributed by atoms with Crippen LogP contribution >= 0.6 is 43.2 Å². The summed E-state index contributed by atoms with van der Waals surface area (Å²) in [5, 5.41) is 2.90. The number of sulfonamides is 1. The standard InChI is InChI=1S/C14H14Br2N2O3S2/c1-8(17-14(19)12-7-11(15)13(16)22-12)9-4-3-5-10(6-9)18-23(2,20)21/h3-8,18H,1-2H3,(H,17,19). The molecule has 1 aromatic heterocycles. The van der Waals surface area contributed by atoms with Crippen LogP contribution in [0, 0.1) is 0 Å². The van der Waals surface area contributed by atoms with Crippen molar-refractivity contribution in [1.82, 2.24) is 5.32 Å². The minimum Gasteiger partial charge on any atom is -0.345 e. The van der Waals surface area contributed by atoms with Gasteiger partial charge in [-0.25, -0.2) is 8.42 Å². The van der Waals surface area contributed by atoms with E-state index in [-0.39, 0.29) is 11.9 Å². The molecule has 0 bridgehead atoms. The molecule has 0 saturated carbocycles. The molecule has 23 heavy (non-hydrogen) atoms. The summed E-state index contributed by atoms with van der Waals surface area (Å²) in [5.74, 6) is -0.185. The number of thiophene rings is 1. The molecule has 1 heterocycles. The topological polar surface area (TPSA) is 75.3 Å². The highest BCUT2D eigenvalue weighted by molar-refractivity contribution is 9.13. The van der Waals surface area contributed by atoms with Crippen LogP contribution < -0.4 is 10.0 Å². The largest absolute Gasteiger partial charge is 0.345 e. The number of carbonyl (C=O) groups excluding carboxylic acids is 1. The van der Waals surface area contributed by atoms with E-state index >= 15 is 0 Å². The van der Waals surface area contributed by atoms with Crippen molar-refractivity contribution >= 4 is 64.8 Å². The van der Waals surface area contributed by atoms with Gasteiger partial charge in [-0.15, -0.1) is 11.3 Å². The van der Waals surface area contributed by atoms with Gasteiger partial charge in [0.2, 0.25) is 10.0 Å². The van der Waals surface area contributed by atoms with E-state index in [4.69, 9.17) is 0 Å². The molecule has 5 nitrogen and oxygen atoms in total. The maximum atomic E-state index is 12.3. The Hall–Kier alpha value is -0.900. The first-order chi connectivity index (χ1) is 10.7. The normalized spacial score (nSPS) is 12.7. The van der Waals surface area contributed by atoms with Crippen LogP contribution in [0.25, 0.3) is 0 Å². The van der Waals surface area contributed by atoms with Gasteiger partial charge in [0.15, 0.2) is 0 Å². The van der Waals surface area contributed by atoms with E-state index in [2.05, 4.69) is 41.9 Å². The van der Waals surface area contributed by atoms with Crippen LogP contribution in [0.3, 0.4) is 0 Å². The van der Waals surface area contributed by atoms with E-state index in [1.807, 2.05) is 13.0 Å². The van der Waals surface area contributed by atoms with Gasteiger partial charge in [-0.1, -0.05) is 12.1 Å². The zero-order chi connectivity index (χ0) is 17.2. The summed E-state index contributed by atoms with van der Waals surface area (Å²) in [4.78, 5) is 12.8. The molecule has 0 aliphatic heterocycles. The van der Waals surface area contributed by atoms with Gasteiger partial charge < -0.3 is 5.32 Å². The van der Waals surface area contributed by atoms with Crippen molar-refractivity contribution < 1.29 is 13.2 Å². The number of anilines is 1. The molecule has 1 atom stereocenters. The Morgan fingerprint density at radius 1 is 1.26 bits per heavy atom. The second-order valence-electron chi connectivity index (χ2n) is 4.93. The molecule has 1 aromatic carbocycles. The summed E-state index contributed by atoms with van der Waals surface area (Å²) in [6.07, 6.45) is 1.09. The van der Waals surface area contributed by atoms with Crippen LogP contribution in [0.1, 0.15) is 28.2 Å². The minimum atomic E-state index is -3.33. The number of nitrogens with one attached hydrogen (secondary N) is 2. The molecule has 2 N–H and O–H groups in total. The number of hydrogen-bond acceptors (Lipinski definition) is 4. The van der Waals surface area contributed by atoms with Gasteiger partial charge in [-0.3, -0.25) is 9.52 Å². The summed E-state index contributed by atoms with van der Waals surface area (Å²) >= 11 is 8.05. The fourth-order valence-electron chi connectivity index (χ4n) is 1.90. The molecule has 0 saturated heterocycles. The molecule has 0 aliphatic rings. The van der Waals surface area contributed by atoms with Crippen LogP contribution in [-0.2, 0) is 10.0 Å². The van der Waals surface area contributed by atoms with Gasteiger partial charge in [0.1, 0.15) is 0 Å².